The van der Waals surface area contributed by atoms with Gasteiger partial charge < -0.3 is 10.1 Å². The first-order chi connectivity index (χ1) is 10.9. The second-order valence-electron chi connectivity index (χ2n) is 4.77. The highest BCUT2D eigenvalue weighted by atomic mass is 79.9. The zero-order valence-corrected chi connectivity index (χ0v) is 13.6. The molecular weight excluding hydrogens is 375 g/mol. The predicted molar refractivity (Wildman–Crippen MR) is 83.1 cm³/mol. The van der Waals surface area contributed by atoms with Gasteiger partial charge in [0.1, 0.15) is 11.6 Å². The Morgan fingerprint density at radius 2 is 1.83 bits per heavy atom. The van der Waals surface area contributed by atoms with Crippen LogP contribution in [0.15, 0.2) is 46.9 Å². The molecule has 122 valence electrons. The van der Waals surface area contributed by atoms with Crippen molar-refractivity contribution < 1.29 is 22.7 Å². The fourth-order valence-electron chi connectivity index (χ4n) is 1.97. The summed E-state index contributed by atoms with van der Waals surface area (Å²) in [7, 11) is 0. The van der Waals surface area contributed by atoms with E-state index in [0.29, 0.717) is 10.0 Å². The van der Waals surface area contributed by atoms with Crippen molar-refractivity contribution >= 4 is 21.8 Å². The molecule has 0 saturated carbocycles. The van der Waals surface area contributed by atoms with Gasteiger partial charge in [0.05, 0.1) is 11.6 Å². The van der Waals surface area contributed by atoms with Crippen molar-refractivity contribution in [2.24, 2.45) is 0 Å². The van der Waals surface area contributed by atoms with Crippen LogP contribution in [0.4, 0.5) is 13.2 Å². The fourth-order valence-corrected chi connectivity index (χ4v) is 2.50. The number of amides is 1. The molecule has 1 amide bonds. The van der Waals surface area contributed by atoms with Gasteiger partial charge in [0.25, 0.3) is 5.91 Å². The molecule has 7 heteroatoms. The van der Waals surface area contributed by atoms with Gasteiger partial charge >= 0.3 is 6.61 Å². The lowest BCUT2D eigenvalue weighted by molar-refractivity contribution is -0.0498. The molecule has 0 unspecified atom stereocenters. The van der Waals surface area contributed by atoms with Crippen molar-refractivity contribution in [2.75, 3.05) is 0 Å². The van der Waals surface area contributed by atoms with Gasteiger partial charge in [-0.05, 0) is 58.7 Å². The van der Waals surface area contributed by atoms with Crippen LogP contribution in [0.1, 0.15) is 28.9 Å². The first-order valence-corrected chi connectivity index (χ1v) is 7.47. The summed E-state index contributed by atoms with van der Waals surface area (Å²) in [6.07, 6.45) is 0. The molecule has 23 heavy (non-hydrogen) atoms. The standard InChI is InChI=1S/C16H13BrF3NO2/c1-9(10-2-5-12(6-3-10)23-16(19)20)21-15(22)13-7-4-11(18)8-14(13)17/h2-9,16H,1H3,(H,21,22)/t9-/m0/s1. The van der Waals surface area contributed by atoms with Crippen molar-refractivity contribution in [3.8, 4) is 5.75 Å². The first-order valence-electron chi connectivity index (χ1n) is 6.67. The van der Waals surface area contributed by atoms with E-state index in [4.69, 9.17) is 0 Å². The average molecular weight is 388 g/mol. The van der Waals surface area contributed by atoms with Crippen LogP contribution in [0.3, 0.4) is 0 Å². The van der Waals surface area contributed by atoms with Crippen LogP contribution in [-0.4, -0.2) is 12.5 Å². The van der Waals surface area contributed by atoms with Crippen LogP contribution in [-0.2, 0) is 0 Å². The zero-order valence-electron chi connectivity index (χ0n) is 12.0. The van der Waals surface area contributed by atoms with E-state index in [9.17, 15) is 18.0 Å². The Labute approximate surface area is 139 Å². The number of rotatable bonds is 5. The van der Waals surface area contributed by atoms with Crippen molar-refractivity contribution in [2.45, 2.75) is 19.6 Å². The molecule has 2 rings (SSSR count). The Hall–Kier alpha value is -2.02. The van der Waals surface area contributed by atoms with Crippen LogP contribution in [0.2, 0.25) is 0 Å². The van der Waals surface area contributed by atoms with Gasteiger partial charge in [0, 0.05) is 4.47 Å². The number of benzene rings is 2. The molecule has 0 aromatic heterocycles. The van der Waals surface area contributed by atoms with E-state index in [0.717, 1.165) is 5.56 Å². The lowest BCUT2D eigenvalue weighted by Crippen LogP contribution is -2.27. The largest absolute Gasteiger partial charge is 0.435 e. The summed E-state index contributed by atoms with van der Waals surface area (Å²) in [5.41, 5.74) is 1.02. The highest BCUT2D eigenvalue weighted by molar-refractivity contribution is 9.10. The fraction of sp³-hybridized carbons (Fsp3) is 0.188. The molecule has 0 saturated heterocycles. The van der Waals surface area contributed by atoms with E-state index in [1.807, 2.05) is 0 Å². The van der Waals surface area contributed by atoms with Crippen molar-refractivity contribution in [3.05, 3.63) is 63.9 Å². The molecule has 0 radical (unpaired) electrons. The maximum atomic E-state index is 13.0. The molecule has 1 atom stereocenters. The average Bonchev–Trinajstić information content (AvgIpc) is 2.47. The van der Waals surface area contributed by atoms with Gasteiger partial charge in [-0.1, -0.05) is 12.1 Å². The lowest BCUT2D eigenvalue weighted by atomic mass is 10.1. The summed E-state index contributed by atoms with van der Waals surface area (Å²) in [6, 6.07) is 9.39. The molecule has 0 spiro atoms. The second-order valence-corrected chi connectivity index (χ2v) is 5.62. The van der Waals surface area contributed by atoms with Gasteiger partial charge in [-0.2, -0.15) is 8.78 Å². The van der Waals surface area contributed by atoms with Crippen molar-refractivity contribution in [1.29, 1.82) is 0 Å². The topological polar surface area (TPSA) is 38.3 Å². The molecule has 2 aromatic rings. The minimum Gasteiger partial charge on any atom is -0.435 e. The Balaban J connectivity index is 2.06. The molecule has 0 aliphatic heterocycles. The van der Waals surface area contributed by atoms with E-state index in [2.05, 4.69) is 26.0 Å². The minimum atomic E-state index is -2.88. The molecule has 3 nitrogen and oxygen atoms in total. The summed E-state index contributed by atoms with van der Waals surface area (Å²) in [4.78, 5) is 12.2. The number of nitrogens with one attached hydrogen (secondary N) is 1. The first kappa shape index (κ1) is 17.3. The normalized spacial score (nSPS) is 12.1. The van der Waals surface area contributed by atoms with Gasteiger partial charge in [0.15, 0.2) is 0 Å². The van der Waals surface area contributed by atoms with E-state index in [-0.39, 0.29) is 17.7 Å². The van der Waals surface area contributed by atoms with E-state index in [1.165, 1.54) is 30.3 Å². The monoisotopic (exact) mass is 387 g/mol. The number of carbonyl (C=O) groups excluding carboxylic acids is 1. The third kappa shape index (κ3) is 4.72. The molecule has 1 N–H and O–H groups in total. The Morgan fingerprint density at radius 3 is 2.39 bits per heavy atom. The van der Waals surface area contributed by atoms with Crippen LogP contribution in [0.5, 0.6) is 5.75 Å². The lowest BCUT2D eigenvalue weighted by Gasteiger charge is -2.15. The summed E-state index contributed by atoms with van der Waals surface area (Å²) < 4.78 is 41.8. The predicted octanol–water partition coefficient (Wildman–Crippen LogP) is 4.68. The summed E-state index contributed by atoms with van der Waals surface area (Å²) in [5, 5.41) is 2.75. The third-order valence-corrected chi connectivity index (χ3v) is 3.78. The number of ether oxygens (including phenoxy) is 1. The number of carbonyl (C=O) groups is 1. The number of alkyl halides is 2. The molecule has 0 aliphatic rings. The zero-order chi connectivity index (χ0) is 17.0. The summed E-state index contributed by atoms with van der Waals surface area (Å²) in [5.74, 6) is -0.781. The van der Waals surface area contributed by atoms with Gasteiger partial charge in [-0.3, -0.25) is 4.79 Å². The SMILES string of the molecule is C[C@H](NC(=O)c1ccc(F)cc1Br)c1ccc(OC(F)F)cc1. The van der Waals surface area contributed by atoms with Crippen LogP contribution in [0, 0.1) is 5.82 Å². The Morgan fingerprint density at radius 1 is 1.17 bits per heavy atom. The molecule has 0 fully saturated rings. The molecule has 0 heterocycles. The highest BCUT2D eigenvalue weighted by Gasteiger charge is 2.15. The van der Waals surface area contributed by atoms with Gasteiger partial charge in [0.2, 0.25) is 0 Å². The minimum absolute atomic E-state index is 0.0450. The van der Waals surface area contributed by atoms with Crippen LogP contribution >= 0.6 is 15.9 Å². The highest BCUT2D eigenvalue weighted by Crippen LogP contribution is 2.21. The molecule has 0 aliphatic carbocycles. The molecule has 0 bridgehead atoms. The van der Waals surface area contributed by atoms with Gasteiger partial charge in [-0.15, -0.1) is 0 Å². The Kier molecular flexibility index (Phi) is 5.65. The maximum absolute atomic E-state index is 13.0. The van der Waals surface area contributed by atoms with Gasteiger partial charge in [-0.25, -0.2) is 4.39 Å². The number of halogens is 4. The number of hydrogen-bond acceptors (Lipinski definition) is 2. The third-order valence-electron chi connectivity index (χ3n) is 3.13. The molecular formula is C16H13BrF3NO2. The van der Waals surface area contributed by atoms with Crippen LogP contribution in [0.25, 0.3) is 0 Å². The van der Waals surface area contributed by atoms with Crippen LogP contribution < -0.4 is 10.1 Å². The summed E-state index contributed by atoms with van der Waals surface area (Å²) >= 11 is 3.14. The van der Waals surface area contributed by atoms with Crippen molar-refractivity contribution in [3.63, 3.8) is 0 Å². The second kappa shape index (κ2) is 7.50. The van der Waals surface area contributed by atoms with E-state index < -0.39 is 12.4 Å². The number of hydrogen-bond donors (Lipinski definition) is 1. The quantitative estimate of drug-likeness (QED) is 0.808. The van der Waals surface area contributed by atoms with Crippen molar-refractivity contribution in [1.82, 2.24) is 5.32 Å². The van der Waals surface area contributed by atoms with E-state index >= 15 is 0 Å². The molecule has 2 aromatic carbocycles. The maximum Gasteiger partial charge on any atom is 0.387 e. The summed E-state index contributed by atoms with van der Waals surface area (Å²) in [6.45, 7) is -1.13. The smallest absolute Gasteiger partial charge is 0.387 e. The van der Waals surface area contributed by atoms with E-state index in [1.54, 1.807) is 19.1 Å². The Bertz CT molecular complexity index is 692.